The van der Waals surface area contributed by atoms with Crippen LogP contribution in [-0.4, -0.2) is 50.8 Å². The molecular weight excluding hydrogens is 300 g/mol. The van der Waals surface area contributed by atoms with Gasteiger partial charge >= 0.3 is 0 Å². The lowest BCUT2D eigenvalue weighted by Crippen LogP contribution is -2.46. The molecule has 0 saturated carbocycles. The van der Waals surface area contributed by atoms with E-state index < -0.39 is 0 Å². The van der Waals surface area contributed by atoms with Gasteiger partial charge in [-0.25, -0.2) is 14.6 Å². The van der Waals surface area contributed by atoms with Crippen molar-refractivity contribution in [2.75, 3.05) is 31.1 Å². The van der Waals surface area contributed by atoms with Gasteiger partial charge in [0.2, 0.25) is 5.95 Å². The molecule has 3 aromatic rings. The third-order valence-electron chi connectivity index (χ3n) is 4.32. The predicted octanol–water partition coefficient (Wildman–Crippen LogP) is 1.98. The Morgan fingerprint density at radius 3 is 2.25 bits per heavy atom. The topological polar surface area (TPSA) is 50.1 Å². The Morgan fingerprint density at radius 2 is 1.58 bits per heavy atom. The van der Waals surface area contributed by atoms with Gasteiger partial charge in [-0.15, -0.1) is 0 Å². The molecule has 6 heteroatoms. The second-order valence-corrected chi connectivity index (χ2v) is 5.93. The van der Waals surface area contributed by atoms with Crippen molar-refractivity contribution in [3.05, 3.63) is 66.7 Å². The van der Waals surface area contributed by atoms with Crippen LogP contribution in [0.2, 0.25) is 0 Å². The lowest BCUT2D eigenvalue weighted by Gasteiger charge is -2.34. The summed E-state index contributed by atoms with van der Waals surface area (Å²) < 4.78 is 1.88. The average Bonchev–Trinajstić information content (AvgIpc) is 3.18. The predicted molar refractivity (Wildman–Crippen MR) is 93.1 cm³/mol. The first-order valence-corrected chi connectivity index (χ1v) is 8.22. The van der Waals surface area contributed by atoms with Crippen LogP contribution < -0.4 is 4.90 Å². The highest BCUT2D eigenvalue weighted by atomic mass is 15.3. The van der Waals surface area contributed by atoms with Crippen LogP contribution in [0.5, 0.6) is 0 Å². The van der Waals surface area contributed by atoms with E-state index >= 15 is 0 Å². The third kappa shape index (κ3) is 3.28. The molecule has 2 aromatic heterocycles. The number of nitrogens with zero attached hydrogens (tertiary/aromatic N) is 6. The van der Waals surface area contributed by atoms with Crippen LogP contribution in [0.25, 0.3) is 5.69 Å². The minimum atomic E-state index is 0.834. The van der Waals surface area contributed by atoms with E-state index in [0.29, 0.717) is 0 Å². The van der Waals surface area contributed by atoms with Crippen molar-refractivity contribution < 1.29 is 0 Å². The molecular formula is C18H20N6. The molecule has 3 heterocycles. The van der Waals surface area contributed by atoms with E-state index in [2.05, 4.69) is 49.1 Å². The molecule has 6 nitrogen and oxygen atoms in total. The second-order valence-electron chi connectivity index (χ2n) is 5.93. The molecule has 24 heavy (non-hydrogen) atoms. The zero-order chi connectivity index (χ0) is 16.2. The number of anilines is 1. The van der Waals surface area contributed by atoms with Crippen molar-refractivity contribution in [1.29, 1.82) is 0 Å². The smallest absolute Gasteiger partial charge is 0.225 e. The van der Waals surface area contributed by atoms with Crippen LogP contribution in [0, 0.1) is 0 Å². The Balaban J connectivity index is 1.34. The maximum absolute atomic E-state index is 4.33. The SMILES string of the molecule is c1cnc(N2CCN(Cc3ccc(-n4cccn4)cc3)CC2)nc1. The Hall–Kier alpha value is -2.73. The maximum Gasteiger partial charge on any atom is 0.225 e. The zero-order valence-corrected chi connectivity index (χ0v) is 13.5. The first kappa shape index (κ1) is 14.8. The number of benzene rings is 1. The Bertz CT molecular complexity index is 746. The van der Waals surface area contributed by atoms with Crippen molar-refractivity contribution in [2.24, 2.45) is 0 Å². The van der Waals surface area contributed by atoms with Gasteiger partial charge in [-0.3, -0.25) is 4.90 Å². The minimum absolute atomic E-state index is 0.834. The van der Waals surface area contributed by atoms with E-state index in [1.54, 1.807) is 18.6 Å². The molecule has 0 aliphatic carbocycles. The highest BCUT2D eigenvalue weighted by Crippen LogP contribution is 2.14. The van der Waals surface area contributed by atoms with Crippen molar-refractivity contribution in [3.63, 3.8) is 0 Å². The lowest BCUT2D eigenvalue weighted by molar-refractivity contribution is 0.248. The molecule has 1 fully saturated rings. The van der Waals surface area contributed by atoms with E-state index in [0.717, 1.165) is 44.4 Å². The molecule has 0 atom stereocenters. The molecule has 1 saturated heterocycles. The summed E-state index contributed by atoms with van der Waals surface area (Å²) in [7, 11) is 0. The molecule has 122 valence electrons. The molecule has 4 rings (SSSR count). The van der Waals surface area contributed by atoms with Gasteiger partial charge in [0, 0.05) is 57.5 Å². The number of rotatable bonds is 4. The van der Waals surface area contributed by atoms with Gasteiger partial charge in [-0.2, -0.15) is 5.10 Å². The Morgan fingerprint density at radius 1 is 0.833 bits per heavy atom. The fraction of sp³-hybridized carbons (Fsp3) is 0.278. The third-order valence-corrected chi connectivity index (χ3v) is 4.32. The van der Waals surface area contributed by atoms with E-state index in [9.17, 15) is 0 Å². The molecule has 0 radical (unpaired) electrons. The summed E-state index contributed by atoms with van der Waals surface area (Å²) >= 11 is 0. The van der Waals surface area contributed by atoms with Crippen molar-refractivity contribution in [3.8, 4) is 5.69 Å². The maximum atomic E-state index is 4.33. The van der Waals surface area contributed by atoms with Gasteiger partial charge in [-0.1, -0.05) is 12.1 Å². The van der Waals surface area contributed by atoms with Gasteiger partial charge in [0.15, 0.2) is 0 Å². The van der Waals surface area contributed by atoms with Crippen LogP contribution in [0.1, 0.15) is 5.56 Å². The molecule has 0 bridgehead atoms. The van der Waals surface area contributed by atoms with Gasteiger partial charge in [0.1, 0.15) is 0 Å². The largest absolute Gasteiger partial charge is 0.338 e. The molecule has 1 aromatic carbocycles. The van der Waals surface area contributed by atoms with E-state index in [-0.39, 0.29) is 0 Å². The summed E-state index contributed by atoms with van der Waals surface area (Å²) in [5, 5.41) is 4.26. The van der Waals surface area contributed by atoms with Gasteiger partial charge in [-0.05, 0) is 29.8 Å². The van der Waals surface area contributed by atoms with Crippen LogP contribution >= 0.6 is 0 Å². The van der Waals surface area contributed by atoms with Crippen molar-refractivity contribution >= 4 is 5.95 Å². The number of piperazine rings is 1. The average molecular weight is 320 g/mol. The van der Waals surface area contributed by atoms with Crippen molar-refractivity contribution in [1.82, 2.24) is 24.6 Å². The summed E-state index contributed by atoms with van der Waals surface area (Å²) in [6.45, 7) is 4.96. The Labute approximate surface area is 141 Å². The zero-order valence-electron chi connectivity index (χ0n) is 13.5. The quantitative estimate of drug-likeness (QED) is 0.736. The normalized spacial score (nSPS) is 15.6. The molecule has 0 spiro atoms. The molecule has 0 N–H and O–H groups in total. The summed E-state index contributed by atoms with van der Waals surface area (Å²) in [6, 6.07) is 12.4. The molecule has 0 amide bonds. The first-order chi connectivity index (χ1) is 11.9. The van der Waals surface area contributed by atoms with Crippen LogP contribution in [-0.2, 0) is 6.54 Å². The highest BCUT2D eigenvalue weighted by molar-refractivity contribution is 5.34. The molecule has 1 aliphatic rings. The fourth-order valence-electron chi connectivity index (χ4n) is 2.99. The minimum Gasteiger partial charge on any atom is -0.338 e. The van der Waals surface area contributed by atoms with E-state index in [1.807, 2.05) is 23.0 Å². The second kappa shape index (κ2) is 6.80. The molecule has 1 aliphatic heterocycles. The van der Waals surface area contributed by atoms with Gasteiger partial charge in [0.25, 0.3) is 0 Å². The lowest BCUT2D eigenvalue weighted by atomic mass is 10.2. The van der Waals surface area contributed by atoms with Gasteiger partial charge in [0.05, 0.1) is 5.69 Å². The summed E-state index contributed by atoms with van der Waals surface area (Å²) in [4.78, 5) is 13.4. The van der Waals surface area contributed by atoms with Crippen LogP contribution in [0.3, 0.4) is 0 Å². The van der Waals surface area contributed by atoms with Crippen molar-refractivity contribution in [2.45, 2.75) is 6.54 Å². The highest BCUT2D eigenvalue weighted by Gasteiger charge is 2.18. The van der Waals surface area contributed by atoms with E-state index in [1.165, 1.54) is 5.56 Å². The van der Waals surface area contributed by atoms with E-state index in [4.69, 9.17) is 0 Å². The summed E-state index contributed by atoms with van der Waals surface area (Å²) in [5.41, 5.74) is 2.42. The summed E-state index contributed by atoms with van der Waals surface area (Å²) in [6.07, 6.45) is 7.36. The van der Waals surface area contributed by atoms with Gasteiger partial charge < -0.3 is 4.90 Å². The first-order valence-electron chi connectivity index (χ1n) is 8.22. The number of hydrogen-bond acceptors (Lipinski definition) is 5. The number of aromatic nitrogens is 4. The monoisotopic (exact) mass is 320 g/mol. The number of hydrogen-bond donors (Lipinski definition) is 0. The molecule has 0 unspecified atom stereocenters. The van der Waals surface area contributed by atoms with Crippen LogP contribution in [0.4, 0.5) is 5.95 Å². The standard InChI is InChI=1S/C18H20N6/c1-7-19-18(20-8-1)23-13-11-22(12-14-23)15-16-3-5-17(6-4-16)24-10-2-9-21-24/h1-10H,11-15H2. The summed E-state index contributed by atoms with van der Waals surface area (Å²) in [5.74, 6) is 0.834. The van der Waals surface area contributed by atoms with Crippen LogP contribution in [0.15, 0.2) is 61.2 Å². The fourth-order valence-corrected chi connectivity index (χ4v) is 2.99. The Kier molecular flexibility index (Phi) is 4.20.